The minimum Gasteiger partial charge on any atom is -0.457 e. The molecule has 3 saturated carbocycles. The third-order valence-electron chi connectivity index (χ3n) is 9.77. The maximum absolute atomic E-state index is 13.9. The SMILES string of the molecule is CCC(=O)OCC(=O)[C@@]1(OC(=O)CC)[C@@H](C)CC2C3CCC4=CC(=O)C=C[C@]4(C)[C@@]3(Cl)[C@@H](Cl)C[C@@]21C. The average Bonchev–Trinajstić information content (AvgIpc) is 3.05. The Balaban J connectivity index is 1.80. The number of esters is 2. The molecule has 8 heteroatoms. The highest BCUT2D eigenvalue weighted by molar-refractivity contribution is 6.34. The van der Waals surface area contributed by atoms with Crippen LogP contribution in [-0.2, 0) is 28.7 Å². The zero-order valence-corrected chi connectivity index (χ0v) is 23.2. The van der Waals surface area contributed by atoms with E-state index < -0.39 is 51.0 Å². The Kier molecular flexibility index (Phi) is 7.05. The van der Waals surface area contributed by atoms with Gasteiger partial charge in [0.15, 0.2) is 18.0 Å². The van der Waals surface area contributed by atoms with Crippen molar-refractivity contribution < 1.29 is 28.7 Å². The van der Waals surface area contributed by atoms with Gasteiger partial charge in [0.2, 0.25) is 5.78 Å². The van der Waals surface area contributed by atoms with Crippen LogP contribution in [0.25, 0.3) is 0 Å². The van der Waals surface area contributed by atoms with Gasteiger partial charge in [-0.3, -0.25) is 19.2 Å². The Morgan fingerprint density at radius 1 is 1.11 bits per heavy atom. The predicted octanol–water partition coefficient (Wildman–Crippen LogP) is 5.33. The summed E-state index contributed by atoms with van der Waals surface area (Å²) in [5.74, 6) is -1.84. The highest BCUT2D eigenvalue weighted by atomic mass is 35.5. The number of alkyl halides is 2. The topological polar surface area (TPSA) is 86.7 Å². The normalized spacial score (nSPS) is 43.1. The first-order valence-electron chi connectivity index (χ1n) is 13.0. The number of Topliss-reactive ketones (excluding diaryl/α,β-unsaturated/α-hetero) is 1. The Hall–Kier alpha value is -1.66. The number of ketones is 2. The van der Waals surface area contributed by atoms with Crippen molar-refractivity contribution in [1.29, 1.82) is 0 Å². The van der Waals surface area contributed by atoms with E-state index in [0.29, 0.717) is 19.3 Å². The molecule has 0 N–H and O–H groups in total. The summed E-state index contributed by atoms with van der Waals surface area (Å²) in [6, 6.07) is 0. The van der Waals surface area contributed by atoms with E-state index in [1.54, 1.807) is 26.0 Å². The van der Waals surface area contributed by atoms with Crippen LogP contribution in [0.4, 0.5) is 0 Å². The molecule has 0 aliphatic heterocycles. The smallest absolute Gasteiger partial charge is 0.306 e. The Labute approximate surface area is 223 Å². The quantitative estimate of drug-likeness (QED) is 0.335. The predicted molar refractivity (Wildman–Crippen MR) is 137 cm³/mol. The molecule has 4 rings (SSSR count). The molecule has 3 fully saturated rings. The molecule has 0 aromatic carbocycles. The van der Waals surface area contributed by atoms with Crippen molar-refractivity contribution in [3.05, 3.63) is 23.8 Å². The molecule has 0 heterocycles. The first-order valence-corrected chi connectivity index (χ1v) is 13.8. The van der Waals surface area contributed by atoms with Crippen LogP contribution >= 0.6 is 23.2 Å². The van der Waals surface area contributed by atoms with Crippen molar-refractivity contribution >= 4 is 46.7 Å². The standard InChI is InChI=1S/C28H36Cl2O6/c1-6-23(33)35-15-22(32)28(36-24(34)7-2)16(3)12-20-19-9-8-17-13-18(31)10-11-25(17,4)27(19,30)21(29)14-26(20,28)5/h10-11,13,16,19-21H,6-9,12,14-15H2,1-5H3/t16-,19?,20?,21-,25-,26-,27-,28-/m0/s1. The van der Waals surface area contributed by atoms with Crippen molar-refractivity contribution in [2.45, 2.75) is 89.0 Å². The molecule has 36 heavy (non-hydrogen) atoms. The van der Waals surface area contributed by atoms with Gasteiger partial charge in [0.1, 0.15) is 0 Å². The lowest BCUT2D eigenvalue weighted by Gasteiger charge is -2.64. The molecule has 0 aromatic rings. The van der Waals surface area contributed by atoms with Crippen molar-refractivity contribution in [1.82, 2.24) is 0 Å². The van der Waals surface area contributed by atoms with E-state index in [4.69, 9.17) is 32.7 Å². The van der Waals surface area contributed by atoms with E-state index in [9.17, 15) is 19.2 Å². The van der Waals surface area contributed by atoms with Gasteiger partial charge in [-0.25, -0.2) is 0 Å². The van der Waals surface area contributed by atoms with E-state index in [1.807, 2.05) is 19.9 Å². The summed E-state index contributed by atoms with van der Waals surface area (Å²) in [7, 11) is 0. The molecule has 2 unspecified atom stereocenters. The average molecular weight is 539 g/mol. The number of allylic oxidation sites excluding steroid dienone is 4. The molecule has 4 aliphatic carbocycles. The molecule has 0 saturated heterocycles. The summed E-state index contributed by atoms with van der Waals surface area (Å²) in [6.07, 6.45) is 7.84. The van der Waals surface area contributed by atoms with Gasteiger partial charge >= 0.3 is 11.9 Å². The van der Waals surface area contributed by atoms with E-state index in [0.717, 1.165) is 12.0 Å². The zero-order valence-electron chi connectivity index (χ0n) is 21.7. The maximum atomic E-state index is 13.9. The fourth-order valence-corrected chi connectivity index (χ4v) is 9.17. The minimum absolute atomic E-state index is 0.0415. The van der Waals surface area contributed by atoms with Gasteiger partial charge in [-0.05, 0) is 49.7 Å². The van der Waals surface area contributed by atoms with Crippen LogP contribution in [0.5, 0.6) is 0 Å². The molecule has 8 atom stereocenters. The lowest BCUT2D eigenvalue weighted by Crippen LogP contribution is -2.68. The van der Waals surface area contributed by atoms with Crippen LogP contribution < -0.4 is 0 Å². The first kappa shape index (κ1) is 27.4. The van der Waals surface area contributed by atoms with Crippen LogP contribution in [0.15, 0.2) is 23.8 Å². The van der Waals surface area contributed by atoms with Gasteiger partial charge < -0.3 is 9.47 Å². The second-order valence-corrected chi connectivity index (χ2v) is 12.5. The van der Waals surface area contributed by atoms with Gasteiger partial charge in [-0.1, -0.05) is 46.3 Å². The fraction of sp³-hybridized carbons (Fsp3) is 0.714. The Bertz CT molecular complexity index is 1050. The molecule has 0 aromatic heterocycles. The molecule has 4 aliphatic rings. The fourth-order valence-electron chi connectivity index (χ4n) is 7.94. The van der Waals surface area contributed by atoms with Crippen molar-refractivity contribution in [3.63, 3.8) is 0 Å². The van der Waals surface area contributed by atoms with Crippen LogP contribution in [0, 0.1) is 28.6 Å². The molecule has 0 spiro atoms. The van der Waals surface area contributed by atoms with Gasteiger partial charge in [0.25, 0.3) is 0 Å². The van der Waals surface area contributed by atoms with E-state index in [-0.39, 0.29) is 36.4 Å². The number of ether oxygens (including phenoxy) is 2. The number of hydrogen-bond acceptors (Lipinski definition) is 6. The number of carbonyl (C=O) groups is 4. The van der Waals surface area contributed by atoms with E-state index >= 15 is 0 Å². The molecule has 6 nitrogen and oxygen atoms in total. The van der Waals surface area contributed by atoms with Gasteiger partial charge in [0, 0.05) is 29.6 Å². The lowest BCUT2D eigenvalue weighted by molar-refractivity contribution is -0.196. The summed E-state index contributed by atoms with van der Waals surface area (Å²) < 4.78 is 11.4. The Morgan fingerprint density at radius 3 is 2.42 bits per heavy atom. The number of hydrogen-bond donors (Lipinski definition) is 0. The third-order valence-corrected chi connectivity index (χ3v) is 11.3. The lowest BCUT2D eigenvalue weighted by atomic mass is 9.46. The van der Waals surface area contributed by atoms with Gasteiger partial charge in [-0.15, -0.1) is 23.2 Å². The highest BCUT2D eigenvalue weighted by Gasteiger charge is 2.76. The summed E-state index contributed by atoms with van der Waals surface area (Å²) in [4.78, 5) is 49.8. The largest absolute Gasteiger partial charge is 0.457 e. The number of carbonyl (C=O) groups excluding carboxylic acids is 4. The Morgan fingerprint density at radius 2 is 1.78 bits per heavy atom. The van der Waals surface area contributed by atoms with E-state index in [2.05, 4.69) is 6.92 Å². The molecular weight excluding hydrogens is 503 g/mol. The van der Waals surface area contributed by atoms with Gasteiger partial charge in [0.05, 0.1) is 10.3 Å². The maximum Gasteiger partial charge on any atom is 0.306 e. The summed E-state index contributed by atoms with van der Waals surface area (Å²) in [6.45, 7) is 8.88. The van der Waals surface area contributed by atoms with Crippen molar-refractivity contribution in [3.8, 4) is 0 Å². The van der Waals surface area contributed by atoms with Crippen LogP contribution in [0.2, 0.25) is 0 Å². The zero-order chi connectivity index (χ0) is 26.7. The van der Waals surface area contributed by atoms with E-state index in [1.165, 1.54) is 0 Å². The summed E-state index contributed by atoms with van der Waals surface area (Å²) in [5, 5.41) is -0.562. The van der Waals surface area contributed by atoms with Crippen LogP contribution in [-0.4, -0.2) is 46.0 Å². The molecule has 0 radical (unpaired) electrons. The first-order chi connectivity index (χ1) is 16.8. The summed E-state index contributed by atoms with van der Waals surface area (Å²) >= 11 is 14.8. The van der Waals surface area contributed by atoms with Crippen LogP contribution in [0.3, 0.4) is 0 Å². The monoisotopic (exact) mass is 538 g/mol. The number of rotatable bonds is 6. The van der Waals surface area contributed by atoms with Crippen LogP contribution in [0.1, 0.15) is 73.1 Å². The molecule has 198 valence electrons. The van der Waals surface area contributed by atoms with Crippen molar-refractivity contribution in [2.24, 2.45) is 28.6 Å². The second-order valence-electron chi connectivity index (χ2n) is 11.4. The molecule has 0 amide bonds. The highest BCUT2D eigenvalue weighted by Crippen LogP contribution is 2.73. The molecule has 0 bridgehead atoms. The summed E-state index contributed by atoms with van der Waals surface area (Å²) in [5.41, 5.74) is -1.88. The molecular formula is C28H36Cl2O6. The second kappa shape index (κ2) is 9.27. The minimum atomic E-state index is -1.47. The van der Waals surface area contributed by atoms with Gasteiger partial charge in [-0.2, -0.15) is 0 Å². The van der Waals surface area contributed by atoms with Crippen molar-refractivity contribution in [2.75, 3.05) is 6.61 Å². The number of halogens is 2. The number of fused-ring (bicyclic) bond motifs is 5. The third kappa shape index (κ3) is 3.57.